The molecule has 0 aliphatic carbocycles. The maximum absolute atomic E-state index is 12.8. The maximum Gasteiger partial charge on any atom is 0.217 e. The van der Waals surface area contributed by atoms with Gasteiger partial charge in [-0.15, -0.1) is 11.8 Å². The number of rotatable bonds is 3. The van der Waals surface area contributed by atoms with Gasteiger partial charge in [-0.1, -0.05) is 23.7 Å². The van der Waals surface area contributed by atoms with Crippen LogP contribution in [-0.2, 0) is 5.75 Å². The molecule has 0 spiro atoms. The highest BCUT2D eigenvalue weighted by Gasteiger charge is 2.00. The molecule has 0 fully saturated rings. The van der Waals surface area contributed by atoms with Gasteiger partial charge in [0.15, 0.2) is 0 Å². The van der Waals surface area contributed by atoms with Crippen LogP contribution in [0.2, 0.25) is 5.02 Å². The van der Waals surface area contributed by atoms with Gasteiger partial charge in [0.1, 0.15) is 11.4 Å². The third kappa shape index (κ3) is 3.18. The molecule has 2 rings (SSSR count). The van der Waals surface area contributed by atoms with Gasteiger partial charge in [-0.25, -0.2) is 9.97 Å². The Kier molecular flexibility index (Phi) is 3.74. The molecule has 0 saturated carbocycles. The second-order valence-electron chi connectivity index (χ2n) is 3.09. The Balaban J connectivity index is 1.99. The van der Waals surface area contributed by atoms with Crippen LogP contribution in [0.4, 0.5) is 4.39 Å². The van der Waals surface area contributed by atoms with Gasteiger partial charge in [-0.3, -0.25) is 0 Å². The van der Waals surface area contributed by atoms with Crippen LogP contribution in [0.15, 0.2) is 41.7 Å². The van der Waals surface area contributed by atoms with E-state index in [1.807, 2.05) is 24.3 Å². The lowest BCUT2D eigenvalue weighted by molar-refractivity contribution is 0.572. The predicted octanol–water partition coefficient (Wildman–Crippen LogP) is 3.56. The first-order valence-electron chi connectivity index (χ1n) is 4.59. The second kappa shape index (κ2) is 5.27. The topological polar surface area (TPSA) is 25.8 Å². The molecule has 1 aromatic heterocycles. The Bertz CT molecular complexity index is 476. The van der Waals surface area contributed by atoms with Crippen LogP contribution in [0.3, 0.4) is 0 Å². The van der Waals surface area contributed by atoms with Crippen molar-refractivity contribution in [3.8, 4) is 0 Å². The van der Waals surface area contributed by atoms with Crippen LogP contribution in [0.5, 0.6) is 0 Å². The first-order valence-corrected chi connectivity index (χ1v) is 5.95. The van der Waals surface area contributed by atoms with Crippen molar-refractivity contribution >= 4 is 23.4 Å². The van der Waals surface area contributed by atoms with Gasteiger partial charge in [0, 0.05) is 16.8 Å². The van der Waals surface area contributed by atoms with Gasteiger partial charge in [-0.05, 0) is 17.7 Å². The first kappa shape index (κ1) is 11.4. The highest BCUT2D eigenvalue weighted by Crippen LogP contribution is 2.21. The van der Waals surface area contributed by atoms with Gasteiger partial charge < -0.3 is 0 Å². The van der Waals surface area contributed by atoms with Crippen LogP contribution in [-0.4, -0.2) is 9.97 Å². The van der Waals surface area contributed by atoms with Crippen molar-refractivity contribution in [2.24, 2.45) is 0 Å². The Morgan fingerprint density at radius 1 is 1.19 bits per heavy atom. The summed E-state index contributed by atoms with van der Waals surface area (Å²) in [6, 6.07) is 8.86. The van der Waals surface area contributed by atoms with Gasteiger partial charge in [0.2, 0.25) is 5.95 Å². The number of benzene rings is 1. The van der Waals surface area contributed by atoms with E-state index in [0.717, 1.165) is 11.3 Å². The molecule has 0 aliphatic rings. The van der Waals surface area contributed by atoms with E-state index in [0.29, 0.717) is 10.0 Å². The van der Waals surface area contributed by atoms with E-state index in [1.165, 1.54) is 24.2 Å². The zero-order chi connectivity index (χ0) is 11.4. The summed E-state index contributed by atoms with van der Waals surface area (Å²) in [5.41, 5.74) is 1.12. The molecule has 1 heterocycles. The molecule has 0 N–H and O–H groups in total. The number of aromatic nitrogens is 2. The lowest BCUT2D eigenvalue weighted by Crippen LogP contribution is -1.87. The minimum atomic E-state index is -0.506. The Morgan fingerprint density at radius 3 is 2.62 bits per heavy atom. The summed E-state index contributed by atoms with van der Waals surface area (Å²) >= 11 is 7.23. The van der Waals surface area contributed by atoms with Gasteiger partial charge in [0.25, 0.3) is 0 Å². The Labute approximate surface area is 102 Å². The fourth-order valence-electron chi connectivity index (χ4n) is 1.13. The van der Waals surface area contributed by atoms with Crippen molar-refractivity contribution < 1.29 is 4.39 Å². The molecule has 5 heteroatoms. The smallest absolute Gasteiger partial charge is 0.217 e. The SMILES string of the molecule is Fc1cc(SCc2ccc(Cl)cc2)ncn1. The summed E-state index contributed by atoms with van der Waals surface area (Å²) in [7, 11) is 0. The quantitative estimate of drug-likeness (QED) is 0.619. The Hall–Kier alpha value is -1.13. The molecule has 0 radical (unpaired) electrons. The van der Waals surface area contributed by atoms with Crippen LogP contribution < -0.4 is 0 Å². The molecule has 0 saturated heterocycles. The fourth-order valence-corrected chi connectivity index (χ4v) is 2.07. The van der Waals surface area contributed by atoms with E-state index in [9.17, 15) is 4.39 Å². The van der Waals surface area contributed by atoms with E-state index >= 15 is 0 Å². The summed E-state index contributed by atoms with van der Waals surface area (Å²) in [5, 5.41) is 1.34. The fraction of sp³-hybridized carbons (Fsp3) is 0.0909. The lowest BCUT2D eigenvalue weighted by Gasteiger charge is -2.01. The zero-order valence-electron chi connectivity index (χ0n) is 8.23. The maximum atomic E-state index is 12.8. The molecule has 1 aromatic carbocycles. The number of hydrogen-bond acceptors (Lipinski definition) is 3. The highest BCUT2D eigenvalue weighted by molar-refractivity contribution is 7.98. The van der Waals surface area contributed by atoms with Crippen LogP contribution >= 0.6 is 23.4 Å². The number of nitrogens with zero attached hydrogens (tertiary/aromatic N) is 2. The van der Waals surface area contributed by atoms with E-state index in [2.05, 4.69) is 9.97 Å². The zero-order valence-corrected chi connectivity index (χ0v) is 9.80. The van der Waals surface area contributed by atoms with Crippen molar-refractivity contribution in [1.29, 1.82) is 0 Å². The first-order chi connectivity index (χ1) is 7.74. The van der Waals surface area contributed by atoms with Crippen molar-refractivity contribution in [1.82, 2.24) is 9.97 Å². The molecule has 2 aromatic rings. The van der Waals surface area contributed by atoms with Crippen molar-refractivity contribution in [2.75, 3.05) is 0 Å². The molecular formula is C11H8ClFN2S. The van der Waals surface area contributed by atoms with Gasteiger partial charge in [0.05, 0.1) is 0 Å². The van der Waals surface area contributed by atoms with Crippen LogP contribution in [0, 0.1) is 5.95 Å². The highest BCUT2D eigenvalue weighted by atomic mass is 35.5. The van der Waals surface area contributed by atoms with E-state index in [4.69, 9.17) is 11.6 Å². The molecule has 0 aliphatic heterocycles. The van der Waals surface area contributed by atoms with Gasteiger partial charge >= 0.3 is 0 Å². The number of halogens is 2. The minimum absolute atomic E-state index is 0.506. The van der Waals surface area contributed by atoms with Gasteiger partial charge in [-0.2, -0.15) is 4.39 Å². The van der Waals surface area contributed by atoms with E-state index < -0.39 is 5.95 Å². The summed E-state index contributed by atoms with van der Waals surface area (Å²) < 4.78 is 12.8. The number of thioether (sulfide) groups is 1. The van der Waals surface area contributed by atoms with Crippen molar-refractivity contribution in [3.63, 3.8) is 0 Å². The number of hydrogen-bond donors (Lipinski definition) is 0. The molecular weight excluding hydrogens is 247 g/mol. The summed E-state index contributed by atoms with van der Waals surface area (Å²) in [6.45, 7) is 0. The van der Waals surface area contributed by atoms with Crippen molar-refractivity contribution in [2.45, 2.75) is 10.8 Å². The summed E-state index contributed by atoms with van der Waals surface area (Å²) in [5.74, 6) is 0.224. The summed E-state index contributed by atoms with van der Waals surface area (Å²) in [4.78, 5) is 7.36. The average Bonchev–Trinajstić information content (AvgIpc) is 2.28. The molecule has 0 unspecified atom stereocenters. The van der Waals surface area contributed by atoms with Crippen LogP contribution in [0.1, 0.15) is 5.56 Å². The molecule has 16 heavy (non-hydrogen) atoms. The monoisotopic (exact) mass is 254 g/mol. The minimum Gasteiger partial charge on any atom is -0.230 e. The molecule has 2 nitrogen and oxygen atoms in total. The molecule has 82 valence electrons. The molecule has 0 bridgehead atoms. The van der Waals surface area contributed by atoms with Crippen LogP contribution in [0.25, 0.3) is 0 Å². The Morgan fingerprint density at radius 2 is 1.94 bits per heavy atom. The van der Waals surface area contributed by atoms with E-state index in [1.54, 1.807) is 0 Å². The third-order valence-electron chi connectivity index (χ3n) is 1.91. The normalized spacial score (nSPS) is 10.4. The second-order valence-corrected chi connectivity index (χ2v) is 4.53. The standard InChI is InChI=1S/C11H8ClFN2S/c12-9-3-1-8(2-4-9)6-16-11-5-10(13)14-7-15-11/h1-5,7H,6H2. The lowest BCUT2D eigenvalue weighted by atomic mass is 10.2. The van der Waals surface area contributed by atoms with Crippen molar-refractivity contribution in [3.05, 3.63) is 53.2 Å². The summed E-state index contributed by atoms with van der Waals surface area (Å²) in [6.07, 6.45) is 1.22. The molecule has 0 amide bonds. The largest absolute Gasteiger partial charge is 0.230 e. The molecule has 0 atom stereocenters. The third-order valence-corrected chi connectivity index (χ3v) is 3.16. The average molecular weight is 255 g/mol. The predicted molar refractivity (Wildman–Crippen MR) is 63.0 cm³/mol. The van der Waals surface area contributed by atoms with E-state index in [-0.39, 0.29) is 0 Å².